The van der Waals surface area contributed by atoms with Gasteiger partial charge in [0.25, 0.3) is 0 Å². The molecule has 0 bridgehead atoms. The van der Waals surface area contributed by atoms with Crippen LogP contribution in [0.2, 0.25) is 0 Å². The first-order valence-electron chi connectivity index (χ1n) is 8.75. The first-order chi connectivity index (χ1) is 11.8. The Bertz CT molecular complexity index is 598. The maximum atomic E-state index is 13.0. The Morgan fingerprint density at radius 1 is 1.04 bits per heavy atom. The average molecular weight is 346 g/mol. The smallest absolute Gasteiger partial charge is 0.324 e. The van der Waals surface area contributed by atoms with Crippen molar-refractivity contribution in [3.63, 3.8) is 0 Å². The molecule has 0 radical (unpaired) electrons. The molecule has 0 saturated heterocycles. The van der Waals surface area contributed by atoms with Gasteiger partial charge < -0.3 is 14.3 Å². The van der Waals surface area contributed by atoms with Crippen LogP contribution in [0.25, 0.3) is 0 Å². The van der Waals surface area contributed by atoms with Crippen molar-refractivity contribution in [3.05, 3.63) is 35.9 Å². The number of hydrogen-bond acceptors (Lipinski definition) is 5. The Balaban J connectivity index is 2.56. The monoisotopic (exact) mass is 346 g/mol. The van der Waals surface area contributed by atoms with Gasteiger partial charge in [0.2, 0.25) is 0 Å². The number of carbonyl (C=O) groups excluding carboxylic acids is 3. The van der Waals surface area contributed by atoms with Crippen molar-refractivity contribution < 1.29 is 23.9 Å². The molecular formula is C20H26O5. The summed E-state index contributed by atoms with van der Waals surface area (Å²) in [5, 5.41) is 0. The molecule has 5 nitrogen and oxygen atoms in total. The number of ether oxygens (including phenoxy) is 2. The quantitative estimate of drug-likeness (QED) is 0.449. The van der Waals surface area contributed by atoms with Gasteiger partial charge in [-0.3, -0.25) is 9.59 Å². The SMILES string of the molecule is CC(C)OC(=O)C1(C(=O)OC(C)C)CC[C@H](C=O)[C@H]1c1ccccc1. The minimum Gasteiger partial charge on any atom is -0.462 e. The van der Waals surface area contributed by atoms with E-state index in [0.717, 1.165) is 11.8 Å². The Labute approximate surface area is 148 Å². The summed E-state index contributed by atoms with van der Waals surface area (Å²) in [7, 11) is 0. The number of aldehydes is 1. The normalized spacial score (nSPS) is 22.0. The second-order valence-electron chi connectivity index (χ2n) is 7.11. The third-order valence-electron chi connectivity index (χ3n) is 4.58. The Morgan fingerprint density at radius 2 is 1.56 bits per heavy atom. The highest BCUT2D eigenvalue weighted by molar-refractivity contribution is 6.02. The van der Waals surface area contributed by atoms with E-state index in [4.69, 9.17) is 9.47 Å². The van der Waals surface area contributed by atoms with E-state index in [2.05, 4.69) is 0 Å². The summed E-state index contributed by atoms with van der Waals surface area (Å²) in [6.45, 7) is 6.96. The minimum atomic E-state index is -1.48. The van der Waals surface area contributed by atoms with Gasteiger partial charge in [0.15, 0.2) is 5.41 Å². The van der Waals surface area contributed by atoms with E-state index < -0.39 is 29.2 Å². The lowest BCUT2D eigenvalue weighted by molar-refractivity contribution is -0.178. The first kappa shape index (κ1) is 19.2. The average Bonchev–Trinajstić information content (AvgIpc) is 2.95. The molecule has 0 N–H and O–H groups in total. The van der Waals surface area contributed by atoms with Crippen molar-refractivity contribution in [1.29, 1.82) is 0 Å². The molecule has 2 rings (SSSR count). The van der Waals surface area contributed by atoms with Crippen LogP contribution >= 0.6 is 0 Å². The maximum Gasteiger partial charge on any atom is 0.324 e. The molecule has 0 spiro atoms. The molecule has 1 aliphatic carbocycles. The van der Waals surface area contributed by atoms with Crippen LogP contribution < -0.4 is 0 Å². The highest BCUT2D eigenvalue weighted by Crippen LogP contribution is 2.54. The minimum absolute atomic E-state index is 0.243. The first-order valence-corrected chi connectivity index (χ1v) is 8.75. The summed E-state index contributed by atoms with van der Waals surface area (Å²) in [6, 6.07) is 9.21. The molecular weight excluding hydrogens is 320 g/mol. The molecule has 0 heterocycles. The predicted octanol–water partition coefficient (Wildman–Crippen LogP) is 3.27. The molecule has 5 heteroatoms. The zero-order chi connectivity index (χ0) is 18.6. The van der Waals surface area contributed by atoms with Crippen LogP contribution in [0.15, 0.2) is 30.3 Å². The highest BCUT2D eigenvalue weighted by atomic mass is 16.6. The van der Waals surface area contributed by atoms with E-state index in [1.165, 1.54) is 0 Å². The number of benzene rings is 1. The van der Waals surface area contributed by atoms with E-state index in [1.54, 1.807) is 27.7 Å². The fourth-order valence-corrected chi connectivity index (χ4v) is 3.60. The van der Waals surface area contributed by atoms with Crippen molar-refractivity contribution in [1.82, 2.24) is 0 Å². The number of carbonyl (C=O) groups is 3. The second-order valence-corrected chi connectivity index (χ2v) is 7.11. The van der Waals surface area contributed by atoms with E-state index in [-0.39, 0.29) is 18.6 Å². The van der Waals surface area contributed by atoms with Gasteiger partial charge in [-0.15, -0.1) is 0 Å². The van der Waals surface area contributed by atoms with Gasteiger partial charge >= 0.3 is 11.9 Å². The van der Waals surface area contributed by atoms with E-state index in [9.17, 15) is 14.4 Å². The standard InChI is InChI=1S/C20H26O5/c1-13(2)24-18(22)20(19(23)25-14(3)4)11-10-16(12-21)17(20)15-8-6-5-7-9-15/h5-9,12-14,16-17H,10-11H2,1-4H3/t16-,17-/m1/s1. The fourth-order valence-electron chi connectivity index (χ4n) is 3.60. The van der Waals surface area contributed by atoms with Crippen LogP contribution in [-0.4, -0.2) is 30.4 Å². The number of rotatable bonds is 6. The molecule has 1 aromatic rings. The summed E-state index contributed by atoms with van der Waals surface area (Å²) < 4.78 is 10.9. The van der Waals surface area contributed by atoms with Crippen molar-refractivity contribution in [2.24, 2.45) is 11.3 Å². The molecule has 0 unspecified atom stereocenters. The topological polar surface area (TPSA) is 69.7 Å². The zero-order valence-corrected chi connectivity index (χ0v) is 15.2. The van der Waals surface area contributed by atoms with Crippen LogP contribution in [0.5, 0.6) is 0 Å². The largest absolute Gasteiger partial charge is 0.462 e. The van der Waals surface area contributed by atoms with Crippen molar-refractivity contribution in [3.8, 4) is 0 Å². The third-order valence-corrected chi connectivity index (χ3v) is 4.58. The van der Waals surface area contributed by atoms with Crippen LogP contribution in [0, 0.1) is 11.3 Å². The van der Waals surface area contributed by atoms with Crippen LogP contribution in [0.4, 0.5) is 0 Å². The van der Waals surface area contributed by atoms with Crippen molar-refractivity contribution >= 4 is 18.2 Å². The lowest BCUT2D eigenvalue weighted by Crippen LogP contribution is -2.46. The molecule has 1 fully saturated rings. The van der Waals surface area contributed by atoms with Gasteiger partial charge in [0.1, 0.15) is 6.29 Å². The van der Waals surface area contributed by atoms with Gasteiger partial charge in [0, 0.05) is 11.8 Å². The van der Waals surface area contributed by atoms with Crippen LogP contribution in [0.3, 0.4) is 0 Å². The summed E-state index contributed by atoms with van der Waals surface area (Å²) in [5.41, 5.74) is -0.708. The lowest BCUT2D eigenvalue weighted by Gasteiger charge is -2.33. The number of esters is 2. The lowest BCUT2D eigenvalue weighted by atomic mass is 9.71. The summed E-state index contributed by atoms with van der Waals surface area (Å²) in [4.78, 5) is 37.7. The van der Waals surface area contributed by atoms with Crippen molar-refractivity contribution in [2.45, 2.75) is 58.7 Å². The van der Waals surface area contributed by atoms with Crippen LogP contribution in [0.1, 0.15) is 52.0 Å². The molecule has 1 saturated carbocycles. The molecule has 136 valence electrons. The van der Waals surface area contributed by atoms with Crippen molar-refractivity contribution in [2.75, 3.05) is 0 Å². The number of hydrogen-bond donors (Lipinski definition) is 0. The Morgan fingerprint density at radius 3 is 2.00 bits per heavy atom. The molecule has 0 aromatic heterocycles. The van der Waals surface area contributed by atoms with Gasteiger partial charge in [-0.1, -0.05) is 30.3 Å². The van der Waals surface area contributed by atoms with Gasteiger partial charge in [-0.25, -0.2) is 0 Å². The fraction of sp³-hybridized carbons (Fsp3) is 0.550. The van der Waals surface area contributed by atoms with E-state index in [1.807, 2.05) is 30.3 Å². The third kappa shape index (κ3) is 3.75. The maximum absolute atomic E-state index is 13.0. The van der Waals surface area contributed by atoms with Crippen LogP contribution in [-0.2, 0) is 23.9 Å². The van der Waals surface area contributed by atoms with E-state index in [0.29, 0.717) is 6.42 Å². The zero-order valence-electron chi connectivity index (χ0n) is 15.2. The predicted molar refractivity (Wildman–Crippen MR) is 92.9 cm³/mol. The van der Waals surface area contributed by atoms with E-state index >= 15 is 0 Å². The molecule has 2 atom stereocenters. The molecule has 1 aromatic carbocycles. The second kappa shape index (κ2) is 7.81. The summed E-state index contributed by atoms with van der Waals surface area (Å²) >= 11 is 0. The molecule has 25 heavy (non-hydrogen) atoms. The Hall–Kier alpha value is -2.17. The summed E-state index contributed by atoms with van der Waals surface area (Å²) in [6.07, 6.45) is 0.812. The van der Waals surface area contributed by atoms with Gasteiger partial charge in [0.05, 0.1) is 12.2 Å². The Kier molecular flexibility index (Phi) is 5.98. The molecule has 1 aliphatic rings. The summed E-state index contributed by atoms with van der Waals surface area (Å²) in [5.74, 6) is -2.22. The van der Waals surface area contributed by atoms with Gasteiger partial charge in [-0.2, -0.15) is 0 Å². The van der Waals surface area contributed by atoms with Gasteiger partial charge in [-0.05, 0) is 46.1 Å². The molecule has 0 amide bonds. The highest BCUT2D eigenvalue weighted by Gasteiger charge is 2.61. The molecule has 0 aliphatic heterocycles.